The molecular formula is C18H13BrF4N4S. The van der Waals surface area contributed by atoms with Crippen molar-refractivity contribution in [2.45, 2.75) is 12.7 Å². The van der Waals surface area contributed by atoms with E-state index < -0.39 is 11.7 Å². The minimum absolute atomic E-state index is 0.0659. The van der Waals surface area contributed by atoms with Crippen LogP contribution in [0.1, 0.15) is 11.1 Å². The summed E-state index contributed by atoms with van der Waals surface area (Å²) in [5, 5.41) is 9.83. The first-order valence-corrected chi connectivity index (χ1v) is 9.14. The first-order chi connectivity index (χ1) is 13.2. The fourth-order valence-corrected chi connectivity index (χ4v) is 3.04. The molecule has 0 spiro atoms. The van der Waals surface area contributed by atoms with E-state index in [1.165, 1.54) is 22.9 Å². The second-order valence-corrected chi connectivity index (χ2v) is 7.03. The fraction of sp³-hybridized carbons (Fsp3) is 0.111. The number of aromatic nitrogens is 2. The zero-order chi connectivity index (χ0) is 20.3. The molecule has 0 aliphatic rings. The number of hydrogen-bond donors (Lipinski definition) is 2. The molecule has 2 N–H and O–H groups in total. The summed E-state index contributed by atoms with van der Waals surface area (Å²) in [5.41, 5.74) is -0.126. The van der Waals surface area contributed by atoms with Gasteiger partial charge in [-0.15, -0.1) is 0 Å². The number of nitrogens with one attached hydrogen (secondary N) is 2. The van der Waals surface area contributed by atoms with E-state index in [1.54, 1.807) is 24.4 Å². The van der Waals surface area contributed by atoms with Crippen LogP contribution in [0.2, 0.25) is 0 Å². The summed E-state index contributed by atoms with van der Waals surface area (Å²) >= 11 is 8.47. The molecule has 28 heavy (non-hydrogen) atoms. The topological polar surface area (TPSA) is 41.9 Å². The van der Waals surface area contributed by atoms with E-state index in [0.29, 0.717) is 15.9 Å². The highest BCUT2D eigenvalue weighted by atomic mass is 79.9. The number of rotatable bonds is 4. The number of benzene rings is 2. The Morgan fingerprint density at radius 1 is 1.11 bits per heavy atom. The summed E-state index contributed by atoms with van der Waals surface area (Å²) in [7, 11) is 0. The van der Waals surface area contributed by atoms with Crippen molar-refractivity contribution in [1.29, 1.82) is 0 Å². The molecule has 0 saturated carbocycles. The lowest BCUT2D eigenvalue weighted by molar-refractivity contribution is -0.137. The van der Waals surface area contributed by atoms with Gasteiger partial charge >= 0.3 is 6.18 Å². The van der Waals surface area contributed by atoms with Gasteiger partial charge in [0.25, 0.3) is 0 Å². The summed E-state index contributed by atoms with van der Waals surface area (Å²) in [5.74, 6) is 0.00572. The van der Waals surface area contributed by atoms with Crippen LogP contribution < -0.4 is 10.6 Å². The standard InChI is InChI=1S/C18H13BrF4N4S/c19-14-10-27(9-11-4-1-2-7-15(11)20)26-16(14)25-17(28)24-13-6-3-5-12(8-13)18(21,22)23/h1-8,10H,9H2,(H2,24,25,26,28). The van der Waals surface area contributed by atoms with Gasteiger partial charge in [-0.2, -0.15) is 18.3 Å². The van der Waals surface area contributed by atoms with Crippen LogP contribution in [0.3, 0.4) is 0 Å². The van der Waals surface area contributed by atoms with E-state index in [2.05, 4.69) is 31.7 Å². The first kappa shape index (κ1) is 20.3. The average molecular weight is 473 g/mol. The Bertz CT molecular complexity index is 1000. The molecule has 10 heteroatoms. The van der Waals surface area contributed by atoms with E-state index in [9.17, 15) is 17.6 Å². The third kappa shape index (κ3) is 5.08. The second kappa shape index (κ2) is 8.27. The molecule has 0 amide bonds. The van der Waals surface area contributed by atoms with Crippen molar-refractivity contribution in [3.05, 3.63) is 76.1 Å². The number of nitrogens with zero attached hydrogens (tertiary/aromatic N) is 2. The lowest BCUT2D eigenvalue weighted by Crippen LogP contribution is -2.20. The molecular weight excluding hydrogens is 460 g/mol. The summed E-state index contributed by atoms with van der Waals surface area (Å²) in [6, 6.07) is 11.0. The predicted octanol–water partition coefficient (Wildman–Crippen LogP) is 5.66. The van der Waals surface area contributed by atoms with Gasteiger partial charge in [-0.1, -0.05) is 24.3 Å². The van der Waals surface area contributed by atoms with Crippen molar-refractivity contribution in [1.82, 2.24) is 9.78 Å². The second-order valence-electron chi connectivity index (χ2n) is 5.77. The van der Waals surface area contributed by atoms with E-state index in [0.717, 1.165) is 12.1 Å². The largest absolute Gasteiger partial charge is 0.416 e. The Labute approximate surface area is 171 Å². The fourth-order valence-electron chi connectivity index (χ4n) is 2.41. The molecule has 0 aliphatic carbocycles. The molecule has 0 fully saturated rings. The summed E-state index contributed by atoms with van der Waals surface area (Å²) in [4.78, 5) is 0. The van der Waals surface area contributed by atoms with Crippen LogP contribution in [0, 0.1) is 5.82 Å². The van der Waals surface area contributed by atoms with Gasteiger partial charge in [0.2, 0.25) is 0 Å². The van der Waals surface area contributed by atoms with Crippen molar-refractivity contribution in [3.63, 3.8) is 0 Å². The normalized spacial score (nSPS) is 11.3. The zero-order valence-corrected chi connectivity index (χ0v) is 16.5. The van der Waals surface area contributed by atoms with E-state index >= 15 is 0 Å². The minimum atomic E-state index is -4.44. The van der Waals surface area contributed by atoms with Gasteiger partial charge in [0.05, 0.1) is 16.6 Å². The molecule has 0 bridgehead atoms. The number of thiocarbonyl (C=S) groups is 1. The van der Waals surface area contributed by atoms with Crippen molar-refractivity contribution in [3.8, 4) is 0 Å². The molecule has 0 aliphatic heterocycles. The lowest BCUT2D eigenvalue weighted by atomic mass is 10.2. The minimum Gasteiger partial charge on any atom is -0.332 e. The van der Waals surface area contributed by atoms with Gasteiger partial charge in [0, 0.05) is 17.4 Å². The smallest absolute Gasteiger partial charge is 0.332 e. The van der Waals surface area contributed by atoms with Crippen LogP contribution in [0.4, 0.5) is 29.1 Å². The van der Waals surface area contributed by atoms with Gasteiger partial charge in [-0.3, -0.25) is 4.68 Å². The van der Waals surface area contributed by atoms with Crippen molar-refractivity contribution < 1.29 is 17.6 Å². The SMILES string of the molecule is Fc1ccccc1Cn1cc(Br)c(NC(=S)Nc2cccc(C(F)(F)F)c2)n1. The maximum atomic E-state index is 13.8. The third-order valence-electron chi connectivity index (χ3n) is 3.69. The van der Waals surface area contributed by atoms with Gasteiger partial charge in [-0.25, -0.2) is 4.39 Å². The van der Waals surface area contributed by atoms with Crippen LogP contribution in [0.25, 0.3) is 0 Å². The Kier molecular flexibility index (Phi) is 5.99. The van der Waals surface area contributed by atoms with Crippen molar-refractivity contribution in [2.24, 2.45) is 0 Å². The van der Waals surface area contributed by atoms with Crippen molar-refractivity contribution in [2.75, 3.05) is 10.6 Å². The van der Waals surface area contributed by atoms with Crippen LogP contribution in [0.5, 0.6) is 0 Å². The van der Waals surface area contributed by atoms with E-state index in [-0.39, 0.29) is 23.2 Å². The van der Waals surface area contributed by atoms with Crippen LogP contribution in [-0.2, 0) is 12.7 Å². The lowest BCUT2D eigenvalue weighted by Gasteiger charge is -2.12. The maximum Gasteiger partial charge on any atom is 0.416 e. The Hall–Kier alpha value is -2.46. The highest BCUT2D eigenvalue weighted by Gasteiger charge is 2.30. The first-order valence-electron chi connectivity index (χ1n) is 7.94. The van der Waals surface area contributed by atoms with Crippen LogP contribution in [0.15, 0.2) is 59.2 Å². The van der Waals surface area contributed by atoms with E-state index in [4.69, 9.17) is 12.2 Å². The highest BCUT2D eigenvalue weighted by Crippen LogP contribution is 2.30. The van der Waals surface area contributed by atoms with Gasteiger partial charge in [0.15, 0.2) is 10.9 Å². The molecule has 0 saturated heterocycles. The molecule has 0 atom stereocenters. The van der Waals surface area contributed by atoms with Gasteiger partial charge in [0.1, 0.15) is 5.82 Å². The molecule has 3 aromatic rings. The molecule has 0 radical (unpaired) electrons. The molecule has 146 valence electrons. The molecule has 2 aromatic carbocycles. The number of alkyl halides is 3. The zero-order valence-electron chi connectivity index (χ0n) is 14.1. The highest BCUT2D eigenvalue weighted by molar-refractivity contribution is 9.10. The Balaban J connectivity index is 1.68. The van der Waals surface area contributed by atoms with Crippen molar-refractivity contribution >= 4 is 44.8 Å². The molecule has 1 aromatic heterocycles. The Morgan fingerprint density at radius 3 is 2.57 bits per heavy atom. The van der Waals surface area contributed by atoms with Gasteiger partial charge < -0.3 is 10.6 Å². The van der Waals surface area contributed by atoms with Crippen LogP contribution in [-0.4, -0.2) is 14.9 Å². The summed E-state index contributed by atoms with van der Waals surface area (Å²) in [6.45, 7) is 0.209. The monoisotopic (exact) mass is 472 g/mol. The predicted molar refractivity (Wildman–Crippen MR) is 107 cm³/mol. The molecule has 4 nitrogen and oxygen atoms in total. The summed E-state index contributed by atoms with van der Waals surface area (Å²) in [6.07, 6.45) is -2.80. The number of anilines is 2. The Morgan fingerprint density at radius 2 is 1.86 bits per heavy atom. The number of hydrogen-bond acceptors (Lipinski definition) is 2. The van der Waals surface area contributed by atoms with E-state index in [1.807, 2.05) is 0 Å². The third-order valence-corrected chi connectivity index (χ3v) is 4.47. The maximum absolute atomic E-state index is 13.8. The average Bonchev–Trinajstić information content (AvgIpc) is 2.95. The molecule has 3 rings (SSSR count). The quantitative estimate of drug-likeness (QED) is 0.379. The number of halogens is 5. The van der Waals surface area contributed by atoms with Gasteiger partial charge in [-0.05, 0) is 52.4 Å². The molecule has 1 heterocycles. The molecule has 0 unspecified atom stereocenters. The van der Waals surface area contributed by atoms with Crippen LogP contribution >= 0.6 is 28.1 Å². The summed E-state index contributed by atoms with van der Waals surface area (Å²) < 4.78 is 54.2.